The molecule has 0 radical (unpaired) electrons. The molecule has 0 aliphatic carbocycles. The summed E-state index contributed by atoms with van der Waals surface area (Å²) < 4.78 is 3.62. The Kier molecular flexibility index (Phi) is 4.86. The van der Waals surface area contributed by atoms with E-state index in [9.17, 15) is 4.79 Å². The van der Waals surface area contributed by atoms with E-state index in [0.717, 1.165) is 35.8 Å². The van der Waals surface area contributed by atoms with Gasteiger partial charge in [-0.15, -0.1) is 0 Å². The first-order valence-electron chi connectivity index (χ1n) is 11.0. The molecule has 0 atom stereocenters. The Morgan fingerprint density at radius 3 is 2.69 bits per heavy atom. The number of hydrogen-bond donors (Lipinski definition) is 2. The van der Waals surface area contributed by atoms with E-state index in [-0.39, 0.29) is 11.0 Å². The maximum Gasteiger partial charge on any atom is 0.276 e. The maximum absolute atomic E-state index is 13.1. The number of pyridine rings is 2. The van der Waals surface area contributed by atoms with Gasteiger partial charge in [0.25, 0.3) is 5.56 Å². The zero-order valence-electron chi connectivity index (χ0n) is 18.9. The third-order valence-electron chi connectivity index (χ3n) is 5.95. The van der Waals surface area contributed by atoms with Crippen LogP contribution < -0.4 is 16.2 Å². The first-order valence-corrected chi connectivity index (χ1v) is 11.0. The molecule has 1 aliphatic heterocycles. The van der Waals surface area contributed by atoms with Gasteiger partial charge in [0.2, 0.25) is 0 Å². The molecular formula is C25H28N6O. The second kappa shape index (κ2) is 7.60. The van der Waals surface area contributed by atoms with Crippen molar-refractivity contribution in [2.45, 2.75) is 52.7 Å². The summed E-state index contributed by atoms with van der Waals surface area (Å²) in [6.07, 6.45) is 1.66. The zero-order valence-corrected chi connectivity index (χ0v) is 18.9. The lowest BCUT2D eigenvalue weighted by Crippen LogP contribution is -2.22. The van der Waals surface area contributed by atoms with Crippen LogP contribution in [0.3, 0.4) is 0 Å². The number of aromatic nitrogens is 4. The van der Waals surface area contributed by atoms with Crippen molar-refractivity contribution in [1.29, 1.82) is 0 Å². The Balaban J connectivity index is 1.62. The van der Waals surface area contributed by atoms with Crippen LogP contribution in [0.4, 0.5) is 11.5 Å². The van der Waals surface area contributed by atoms with Crippen LogP contribution in [0, 0.1) is 0 Å². The van der Waals surface area contributed by atoms with Crippen molar-refractivity contribution in [2.24, 2.45) is 0 Å². The van der Waals surface area contributed by atoms with Crippen molar-refractivity contribution in [1.82, 2.24) is 24.6 Å². The lowest BCUT2D eigenvalue weighted by atomic mass is 9.92. The molecule has 3 aromatic heterocycles. The van der Waals surface area contributed by atoms with Crippen LogP contribution in [-0.4, -0.2) is 19.3 Å². The molecular weight excluding hydrogens is 400 g/mol. The molecule has 0 spiro atoms. The first-order chi connectivity index (χ1) is 15.3. The zero-order chi connectivity index (χ0) is 22.5. The van der Waals surface area contributed by atoms with E-state index in [1.165, 1.54) is 11.1 Å². The van der Waals surface area contributed by atoms with Gasteiger partial charge in [-0.2, -0.15) is 0 Å². The smallest absolute Gasteiger partial charge is 0.276 e. The molecule has 164 valence electrons. The Morgan fingerprint density at radius 1 is 1.09 bits per heavy atom. The number of rotatable bonds is 4. The van der Waals surface area contributed by atoms with Crippen LogP contribution in [0.25, 0.3) is 16.7 Å². The number of nitrogens with zero attached hydrogens (tertiary/aromatic N) is 4. The standard InChI is InChI=1S/C25H28N6O/c1-5-30-24(32)19-15-27-22(28-18-10-9-16-13-26-14-17(16)11-18)12-20(19)31(30)23-8-6-7-21(29-23)25(2,3)4/h6-12,15,26H,5,13-14H2,1-4H3,(H,27,28). The molecule has 7 heteroatoms. The number of anilines is 2. The largest absolute Gasteiger partial charge is 0.340 e. The molecule has 1 aromatic carbocycles. The van der Waals surface area contributed by atoms with Gasteiger partial charge in [0.15, 0.2) is 5.82 Å². The fraction of sp³-hybridized carbons (Fsp3) is 0.320. The quantitative estimate of drug-likeness (QED) is 0.508. The third-order valence-corrected chi connectivity index (χ3v) is 5.95. The van der Waals surface area contributed by atoms with Gasteiger partial charge in [-0.05, 0) is 42.3 Å². The molecule has 0 amide bonds. The first kappa shape index (κ1) is 20.5. The predicted molar refractivity (Wildman–Crippen MR) is 128 cm³/mol. The summed E-state index contributed by atoms with van der Waals surface area (Å²) in [6, 6.07) is 14.3. The third kappa shape index (κ3) is 3.48. The van der Waals surface area contributed by atoms with Crippen LogP contribution in [-0.2, 0) is 25.0 Å². The van der Waals surface area contributed by atoms with Crippen LogP contribution in [0.2, 0.25) is 0 Å². The van der Waals surface area contributed by atoms with Crippen molar-refractivity contribution >= 4 is 22.4 Å². The van der Waals surface area contributed by atoms with Gasteiger partial charge in [-0.1, -0.05) is 32.9 Å². The Labute approximate surface area is 187 Å². The summed E-state index contributed by atoms with van der Waals surface area (Å²) in [7, 11) is 0. The highest BCUT2D eigenvalue weighted by Gasteiger charge is 2.20. The number of fused-ring (bicyclic) bond motifs is 2. The van der Waals surface area contributed by atoms with Crippen LogP contribution >= 0.6 is 0 Å². The molecule has 0 saturated heterocycles. The summed E-state index contributed by atoms with van der Waals surface area (Å²) in [5, 5.41) is 7.35. The Hall–Kier alpha value is -3.45. The molecule has 0 unspecified atom stereocenters. The van der Waals surface area contributed by atoms with Crippen molar-refractivity contribution in [3.8, 4) is 5.82 Å². The maximum atomic E-state index is 13.1. The summed E-state index contributed by atoms with van der Waals surface area (Å²) in [4.78, 5) is 22.5. The Morgan fingerprint density at radius 2 is 1.91 bits per heavy atom. The van der Waals surface area contributed by atoms with Crippen molar-refractivity contribution in [2.75, 3.05) is 5.32 Å². The van der Waals surface area contributed by atoms with Gasteiger partial charge < -0.3 is 10.6 Å². The van der Waals surface area contributed by atoms with Crippen LogP contribution in [0.5, 0.6) is 0 Å². The SMILES string of the molecule is CCn1c(=O)c2cnc(Nc3ccc4c(c3)CNC4)cc2n1-c1cccc(C(C)(C)C)n1. The van der Waals surface area contributed by atoms with Crippen LogP contribution in [0.15, 0.2) is 53.5 Å². The van der Waals surface area contributed by atoms with E-state index < -0.39 is 0 Å². The molecule has 32 heavy (non-hydrogen) atoms. The van der Waals surface area contributed by atoms with Gasteiger partial charge in [0.1, 0.15) is 5.82 Å². The molecule has 5 rings (SSSR count). The molecule has 4 aromatic rings. The van der Waals surface area contributed by atoms with E-state index in [0.29, 0.717) is 17.7 Å². The minimum absolute atomic E-state index is 0.0619. The molecule has 1 aliphatic rings. The average molecular weight is 429 g/mol. The highest BCUT2D eigenvalue weighted by atomic mass is 16.1. The number of benzene rings is 1. The Bertz CT molecular complexity index is 1380. The minimum atomic E-state index is -0.0903. The van der Waals surface area contributed by atoms with E-state index in [1.807, 2.05) is 35.9 Å². The molecule has 0 fully saturated rings. The fourth-order valence-corrected chi connectivity index (χ4v) is 4.22. The van der Waals surface area contributed by atoms with E-state index in [2.05, 4.69) is 54.6 Å². The lowest BCUT2D eigenvalue weighted by Gasteiger charge is -2.19. The van der Waals surface area contributed by atoms with Gasteiger partial charge in [-0.3, -0.25) is 4.79 Å². The van der Waals surface area contributed by atoms with E-state index in [1.54, 1.807) is 10.9 Å². The summed E-state index contributed by atoms with van der Waals surface area (Å²) in [5.41, 5.74) is 5.23. The molecule has 4 heterocycles. The molecule has 0 bridgehead atoms. The lowest BCUT2D eigenvalue weighted by molar-refractivity contribution is 0.546. The van der Waals surface area contributed by atoms with Gasteiger partial charge in [0.05, 0.1) is 10.9 Å². The average Bonchev–Trinajstić information content (AvgIpc) is 3.34. The normalized spacial score (nSPS) is 13.5. The van der Waals surface area contributed by atoms with E-state index in [4.69, 9.17) is 4.98 Å². The predicted octanol–water partition coefficient (Wildman–Crippen LogP) is 4.25. The van der Waals surface area contributed by atoms with Crippen molar-refractivity contribution < 1.29 is 0 Å². The van der Waals surface area contributed by atoms with E-state index >= 15 is 0 Å². The monoisotopic (exact) mass is 428 g/mol. The van der Waals surface area contributed by atoms with Crippen molar-refractivity contribution in [3.63, 3.8) is 0 Å². The highest BCUT2D eigenvalue weighted by Crippen LogP contribution is 2.26. The molecule has 7 nitrogen and oxygen atoms in total. The summed E-state index contributed by atoms with van der Waals surface area (Å²) >= 11 is 0. The summed E-state index contributed by atoms with van der Waals surface area (Å²) in [6.45, 7) is 10.7. The van der Waals surface area contributed by atoms with Gasteiger partial charge in [0, 0.05) is 48.7 Å². The fourth-order valence-electron chi connectivity index (χ4n) is 4.22. The van der Waals surface area contributed by atoms with Crippen LogP contribution in [0.1, 0.15) is 44.5 Å². The number of nitrogens with one attached hydrogen (secondary N) is 2. The molecule has 0 saturated carbocycles. The number of hydrogen-bond acceptors (Lipinski definition) is 5. The second-order valence-corrected chi connectivity index (χ2v) is 9.26. The molecule has 2 N–H and O–H groups in total. The topological polar surface area (TPSA) is 76.8 Å². The minimum Gasteiger partial charge on any atom is -0.340 e. The van der Waals surface area contributed by atoms with Crippen molar-refractivity contribution in [3.05, 3.63) is 75.8 Å². The van der Waals surface area contributed by atoms with Gasteiger partial charge in [-0.25, -0.2) is 19.3 Å². The highest BCUT2D eigenvalue weighted by molar-refractivity contribution is 5.82. The summed E-state index contributed by atoms with van der Waals surface area (Å²) in [5.74, 6) is 1.42. The second-order valence-electron chi connectivity index (χ2n) is 9.26. The van der Waals surface area contributed by atoms with Gasteiger partial charge >= 0.3 is 0 Å².